The summed E-state index contributed by atoms with van der Waals surface area (Å²) < 4.78 is 21.6. The fraction of sp³-hybridized carbons (Fsp3) is 0.267. The number of methoxy groups -OCH3 is 4. The topological polar surface area (TPSA) is 371 Å². The first-order chi connectivity index (χ1) is 42.8. The summed E-state index contributed by atoms with van der Waals surface area (Å²) in [6.07, 6.45) is 11.8. The molecule has 6 aromatic rings. The summed E-state index contributed by atoms with van der Waals surface area (Å²) in [5, 5.41) is 117. The van der Waals surface area contributed by atoms with Crippen LogP contribution in [0.15, 0.2) is 114 Å². The van der Waals surface area contributed by atoms with Crippen LogP contribution in [0.3, 0.4) is 0 Å². The molecular formula is C60H64N8O20. The molecule has 0 amide bonds. The Kier molecular flexibility index (Phi) is 24.3. The fourth-order valence-electron chi connectivity index (χ4n) is 8.04. The summed E-state index contributed by atoms with van der Waals surface area (Å²) in [4.78, 5) is 42.2. The van der Waals surface area contributed by atoms with Gasteiger partial charge in [0, 0.05) is 44.5 Å². The number of aromatic hydroxyl groups is 8. The Balaban J connectivity index is 1.00. The summed E-state index contributed by atoms with van der Waals surface area (Å²) in [7, 11) is 5.66. The number of phenolic OH excluding ortho intramolecular Hbond substituents is 8. The van der Waals surface area contributed by atoms with Crippen LogP contribution < -0.4 is 18.9 Å². The zero-order valence-corrected chi connectivity index (χ0v) is 48.1. The van der Waals surface area contributed by atoms with Crippen molar-refractivity contribution in [2.24, 2.45) is 41.2 Å². The molecule has 0 unspecified atom stereocenters. The van der Waals surface area contributed by atoms with Crippen LogP contribution in [0.2, 0.25) is 0 Å². The van der Waals surface area contributed by atoms with Crippen LogP contribution in [0.25, 0.3) is 0 Å². The monoisotopic (exact) mass is 1220 g/mol. The maximum atomic E-state index is 10.8. The predicted octanol–water partition coefficient (Wildman–Crippen LogP) is 6.85. The molecule has 0 saturated carbocycles. The maximum absolute atomic E-state index is 10.8. The van der Waals surface area contributed by atoms with E-state index in [2.05, 4.69) is 41.2 Å². The van der Waals surface area contributed by atoms with E-state index < -0.39 is 23.0 Å². The van der Waals surface area contributed by atoms with E-state index >= 15 is 0 Å². The number of hydrogen-bond acceptors (Lipinski definition) is 28. The molecular weight excluding hydrogens is 1150 g/mol. The molecule has 0 saturated heterocycles. The average Bonchev–Trinajstić information content (AvgIpc) is 3.73. The molecule has 0 aliphatic carbocycles. The second-order valence-corrected chi connectivity index (χ2v) is 18.4. The van der Waals surface area contributed by atoms with Gasteiger partial charge in [-0.15, -0.1) is 0 Å². The van der Waals surface area contributed by atoms with Crippen molar-refractivity contribution in [2.45, 2.75) is 25.7 Å². The molecule has 0 radical (unpaired) electrons. The number of oxime groups is 8. The van der Waals surface area contributed by atoms with Gasteiger partial charge in [-0.05, 0) is 121 Å². The highest BCUT2D eigenvalue weighted by molar-refractivity contribution is 5.92. The van der Waals surface area contributed by atoms with Gasteiger partial charge >= 0.3 is 0 Å². The third-order valence-corrected chi connectivity index (χ3v) is 12.6. The van der Waals surface area contributed by atoms with Gasteiger partial charge < -0.3 is 98.5 Å². The van der Waals surface area contributed by atoms with E-state index in [1.54, 1.807) is 48.5 Å². The Bertz CT molecular complexity index is 3110. The van der Waals surface area contributed by atoms with E-state index in [-0.39, 0.29) is 121 Å². The predicted molar refractivity (Wildman–Crippen MR) is 321 cm³/mol. The standard InChI is InChI=1S/C60H64N8O20/c1-77-49-25-37-5-6-38-22-46(54(70)50(26-38)78-2)34-66-86-18-14-82-62-31-43-11-12-44(60(76)59(43)75)32-64-84-16-20-88-68-36-48-24-40(28-52(80-4)56(48)72)8-7-39-23-47(55(71)51(27-39)79-3)35-67-87-19-15-83-63-30-42-10-9-41(57(73)58(42)74)29-61-81-13-17-85-65-33-45(21-37)53(49)69/h9-12,21-36,69-76H,5-8,13-20H2,1-4H3. The highest BCUT2D eigenvalue weighted by Gasteiger charge is 2.17. The minimum atomic E-state index is -0.493. The maximum Gasteiger partial charge on any atom is 0.167 e. The number of nitrogens with zero attached hydrogens (tertiary/aromatic N) is 8. The van der Waals surface area contributed by atoms with E-state index in [4.69, 9.17) is 57.6 Å². The SMILES string of the molecule is COc1cc2cc(c1O)C=NOCCON=Cc1ccc(c(O)c1O)C=NOCCON=Cc1cc(cc(OC)c1O)CCc1cc(c(O)c(OC)c1)C=NOCCON=Cc1ccc(c(O)c1O)C=NOCCON=Cc1cc(cc(OC)c1O)CC2. The first kappa shape index (κ1) is 64.2. The van der Waals surface area contributed by atoms with Crippen molar-refractivity contribution >= 4 is 49.7 Å². The summed E-state index contributed by atoms with van der Waals surface area (Å²) >= 11 is 0. The molecule has 10 rings (SSSR count). The van der Waals surface area contributed by atoms with E-state index in [1.165, 1.54) is 102 Å². The van der Waals surface area contributed by atoms with Gasteiger partial charge in [-0.3, -0.25) is 0 Å². The van der Waals surface area contributed by atoms with Crippen LogP contribution >= 0.6 is 0 Å². The van der Waals surface area contributed by atoms with Crippen LogP contribution in [0.4, 0.5) is 0 Å². The number of ether oxygens (including phenoxy) is 4. The van der Waals surface area contributed by atoms with Gasteiger partial charge in [0.15, 0.2) is 122 Å². The minimum absolute atomic E-state index is 0.0535. The van der Waals surface area contributed by atoms with Crippen molar-refractivity contribution in [3.63, 3.8) is 0 Å². The van der Waals surface area contributed by atoms with Crippen LogP contribution in [0.1, 0.15) is 66.8 Å². The Morgan fingerprint density at radius 3 is 0.591 bits per heavy atom. The molecule has 28 nitrogen and oxygen atoms in total. The highest BCUT2D eigenvalue weighted by atomic mass is 16.7. The third kappa shape index (κ3) is 18.3. The van der Waals surface area contributed by atoms with Gasteiger partial charge in [0.25, 0.3) is 0 Å². The third-order valence-electron chi connectivity index (χ3n) is 12.6. The van der Waals surface area contributed by atoms with Crippen molar-refractivity contribution in [2.75, 3.05) is 81.3 Å². The fourth-order valence-corrected chi connectivity index (χ4v) is 8.04. The quantitative estimate of drug-likeness (QED) is 0.0836. The lowest BCUT2D eigenvalue weighted by atomic mass is 10.00. The zero-order chi connectivity index (χ0) is 62.6. The van der Waals surface area contributed by atoms with E-state index in [1.807, 2.05) is 0 Å². The number of hydrogen-bond donors (Lipinski definition) is 8. The number of benzene rings is 6. The Morgan fingerprint density at radius 1 is 0.250 bits per heavy atom. The van der Waals surface area contributed by atoms with E-state index in [0.29, 0.717) is 47.9 Å². The summed E-state index contributed by atoms with van der Waals surface area (Å²) in [5.41, 5.74) is 4.82. The first-order valence-corrected chi connectivity index (χ1v) is 26.7. The molecule has 88 heavy (non-hydrogen) atoms. The smallest absolute Gasteiger partial charge is 0.167 e. The van der Waals surface area contributed by atoms with Crippen molar-refractivity contribution in [1.82, 2.24) is 0 Å². The molecule has 0 aromatic heterocycles. The van der Waals surface area contributed by atoms with Gasteiger partial charge in [0.2, 0.25) is 0 Å². The van der Waals surface area contributed by atoms with Crippen molar-refractivity contribution < 1.29 is 98.5 Å². The molecule has 0 fully saturated rings. The lowest BCUT2D eigenvalue weighted by Gasteiger charge is -2.12. The molecule has 0 spiro atoms. The normalized spacial score (nSPS) is 14.3. The van der Waals surface area contributed by atoms with E-state index in [9.17, 15) is 40.9 Å². The van der Waals surface area contributed by atoms with Crippen LogP contribution in [0.5, 0.6) is 69.0 Å². The Labute approximate surface area is 503 Å². The van der Waals surface area contributed by atoms with Crippen molar-refractivity contribution in [3.05, 3.63) is 140 Å². The Hall–Kier alpha value is -11.3. The van der Waals surface area contributed by atoms with Crippen molar-refractivity contribution in [3.8, 4) is 69.0 Å². The van der Waals surface area contributed by atoms with Gasteiger partial charge in [-0.25, -0.2) is 0 Å². The summed E-state index contributed by atoms with van der Waals surface area (Å²) in [6.45, 7) is -0.457. The zero-order valence-electron chi connectivity index (χ0n) is 48.1. The molecule has 4 heterocycles. The molecule has 8 N–H and O–H groups in total. The second-order valence-electron chi connectivity index (χ2n) is 18.4. The first-order valence-electron chi connectivity index (χ1n) is 26.7. The highest BCUT2D eigenvalue weighted by Crippen LogP contribution is 2.37. The molecule has 464 valence electrons. The summed E-state index contributed by atoms with van der Waals surface area (Å²) in [6, 6.07) is 19.4. The number of rotatable bonds is 4. The van der Waals surface area contributed by atoms with Crippen molar-refractivity contribution in [1.29, 1.82) is 0 Å². The van der Waals surface area contributed by atoms with Gasteiger partial charge in [0.1, 0.15) is 0 Å². The number of phenols is 8. The minimum Gasteiger partial charge on any atom is -0.504 e. The van der Waals surface area contributed by atoms with Gasteiger partial charge in [-0.1, -0.05) is 41.2 Å². The summed E-state index contributed by atoms with van der Waals surface area (Å²) in [5.74, 6) is -1.85. The lowest BCUT2D eigenvalue weighted by Crippen LogP contribution is -2.00. The molecule has 4 aliphatic heterocycles. The molecule has 28 heteroatoms. The number of aryl methyl sites for hydroxylation is 4. The average molecular weight is 1220 g/mol. The molecule has 0 atom stereocenters. The van der Waals surface area contributed by atoms with Gasteiger partial charge in [0.05, 0.1) is 78.2 Å². The molecule has 6 aromatic carbocycles. The molecule has 4 aliphatic rings. The Morgan fingerprint density at radius 2 is 0.420 bits per heavy atom. The second kappa shape index (κ2) is 33.2. The van der Waals surface area contributed by atoms with Crippen LogP contribution in [-0.2, 0) is 64.4 Å². The molecule has 12 bridgehead atoms. The largest absolute Gasteiger partial charge is 0.504 e. The van der Waals surface area contributed by atoms with E-state index in [0.717, 1.165) is 22.3 Å². The van der Waals surface area contributed by atoms with Crippen LogP contribution in [-0.4, -0.2) is 172 Å². The lowest BCUT2D eigenvalue weighted by molar-refractivity contribution is 0.0552. The van der Waals surface area contributed by atoms with Gasteiger partial charge in [-0.2, -0.15) is 0 Å². The van der Waals surface area contributed by atoms with Crippen LogP contribution in [0, 0.1) is 0 Å².